The van der Waals surface area contributed by atoms with Crippen LogP contribution in [0.2, 0.25) is 0 Å². The highest BCUT2D eigenvalue weighted by Crippen LogP contribution is 2.29. The highest BCUT2D eigenvalue weighted by molar-refractivity contribution is 5.94. The molecule has 0 unspecified atom stereocenters. The van der Waals surface area contributed by atoms with Crippen molar-refractivity contribution in [3.63, 3.8) is 0 Å². The maximum Gasteiger partial charge on any atom is 0.240 e. The minimum atomic E-state index is -0.111. The Morgan fingerprint density at radius 1 is 1.53 bits per heavy atom. The van der Waals surface area contributed by atoms with E-state index in [9.17, 15) is 9.59 Å². The van der Waals surface area contributed by atoms with Gasteiger partial charge in [-0.25, -0.2) is 4.79 Å². The smallest absolute Gasteiger partial charge is 0.240 e. The average molecular weight is 234 g/mol. The molecule has 0 aliphatic carbocycles. The number of ether oxygens (including phenoxy) is 1. The molecule has 90 valence electrons. The summed E-state index contributed by atoms with van der Waals surface area (Å²) in [6.45, 7) is 1.91. The number of methoxy groups -OCH3 is 1. The third-order valence-corrected chi connectivity index (χ3v) is 2.12. The van der Waals surface area contributed by atoms with E-state index in [4.69, 9.17) is 4.74 Å². The molecule has 1 amide bonds. The molecule has 17 heavy (non-hydrogen) atoms. The minimum absolute atomic E-state index is 0.111. The number of carbonyl (C=O) groups is 1. The van der Waals surface area contributed by atoms with Crippen molar-refractivity contribution in [2.75, 3.05) is 12.4 Å². The maximum atomic E-state index is 11.4. The van der Waals surface area contributed by atoms with Crippen molar-refractivity contribution in [2.45, 2.75) is 19.8 Å². The first-order chi connectivity index (χ1) is 8.21. The second kappa shape index (κ2) is 6.45. The van der Waals surface area contributed by atoms with E-state index >= 15 is 0 Å². The van der Waals surface area contributed by atoms with Crippen LogP contribution in [0.1, 0.15) is 19.8 Å². The molecule has 0 saturated carbocycles. The number of nitrogens with zero attached hydrogens (tertiary/aromatic N) is 1. The quantitative estimate of drug-likeness (QED) is 0.628. The number of isocyanates is 1. The van der Waals surface area contributed by atoms with Crippen LogP contribution in [0.15, 0.2) is 23.2 Å². The summed E-state index contributed by atoms with van der Waals surface area (Å²) in [5, 5.41) is 2.68. The maximum absolute atomic E-state index is 11.4. The second-order valence-electron chi connectivity index (χ2n) is 3.38. The van der Waals surface area contributed by atoms with Crippen LogP contribution in [-0.2, 0) is 9.59 Å². The summed E-state index contributed by atoms with van der Waals surface area (Å²) in [5.41, 5.74) is 0.816. The number of amides is 1. The van der Waals surface area contributed by atoms with Crippen LogP contribution in [0.5, 0.6) is 5.75 Å². The lowest BCUT2D eigenvalue weighted by Gasteiger charge is -2.08. The van der Waals surface area contributed by atoms with Crippen LogP contribution >= 0.6 is 0 Å². The molecule has 0 spiro atoms. The summed E-state index contributed by atoms with van der Waals surface area (Å²) >= 11 is 0. The van der Waals surface area contributed by atoms with E-state index in [0.29, 0.717) is 23.5 Å². The van der Waals surface area contributed by atoms with E-state index in [-0.39, 0.29) is 5.91 Å². The Labute approximate surface area is 99.5 Å². The Morgan fingerprint density at radius 3 is 2.88 bits per heavy atom. The second-order valence-corrected chi connectivity index (χ2v) is 3.38. The van der Waals surface area contributed by atoms with Crippen molar-refractivity contribution in [2.24, 2.45) is 4.99 Å². The number of nitrogens with one attached hydrogen (secondary N) is 1. The lowest BCUT2D eigenvalue weighted by Crippen LogP contribution is -2.10. The van der Waals surface area contributed by atoms with Crippen molar-refractivity contribution in [3.05, 3.63) is 18.2 Å². The standard InChI is InChI=1S/C12H14N2O3/c1-3-4-12(16)14-10-6-5-9(17-2)7-11(10)13-8-15/h5-7H,3-4H2,1-2H3,(H,14,16). The Morgan fingerprint density at radius 2 is 2.29 bits per heavy atom. The van der Waals surface area contributed by atoms with Gasteiger partial charge in [0.25, 0.3) is 0 Å². The van der Waals surface area contributed by atoms with Crippen LogP contribution < -0.4 is 10.1 Å². The van der Waals surface area contributed by atoms with Crippen molar-refractivity contribution in [3.8, 4) is 5.75 Å². The van der Waals surface area contributed by atoms with Gasteiger partial charge in [-0.3, -0.25) is 4.79 Å². The summed E-state index contributed by atoms with van der Waals surface area (Å²) < 4.78 is 5.01. The first-order valence-corrected chi connectivity index (χ1v) is 5.27. The van der Waals surface area contributed by atoms with E-state index in [2.05, 4.69) is 10.3 Å². The van der Waals surface area contributed by atoms with Gasteiger partial charge in [0.2, 0.25) is 12.0 Å². The summed E-state index contributed by atoms with van der Waals surface area (Å²) in [7, 11) is 1.51. The van der Waals surface area contributed by atoms with Crippen LogP contribution in [0, 0.1) is 0 Å². The van der Waals surface area contributed by atoms with Gasteiger partial charge in [0.1, 0.15) is 11.4 Å². The zero-order valence-corrected chi connectivity index (χ0v) is 9.82. The van der Waals surface area contributed by atoms with Crippen LogP contribution in [-0.4, -0.2) is 19.1 Å². The molecule has 0 bridgehead atoms. The summed E-state index contributed by atoms with van der Waals surface area (Å²) in [5.74, 6) is 0.451. The van der Waals surface area contributed by atoms with Crippen molar-refractivity contribution in [1.82, 2.24) is 0 Å². The van der Waals surface area contributed by atoms with Gasteiger partial charge >= 0.3 is 0 Å². The average Bonchev–Trinajstić information content (AvgIpc) is 2.32. The van der Waals surface area contributed by atoms with Crippen molar-refractivity contribution < 1.29 is 14.3 Å². The van der Waals surface area contributed by atoms with Gasteiger partial charge in [0, 0.05) is 12.5 Å². The van der Waals surface area contributed by atoms with Gasteiger partial charge in [0.05, 0.1) is 12.8 Å². The van der Waals surface area contributed by atoms with E-state index in [1.807, 2.05) is 6.92 Å². The molecule has 0 aliphatic rings. The van der Waals surface area contributed by atoms with E-state index < -0.39 is 0 Å². The van der Waals surface area contributed by atoms with E-state index in [0.717, 1.165) is 6.42 Å². The number of hydrogen-bond acceptors (Lipinski definition) is 4. The fraction of sp³-hybridized carbons (Fsp3) is 0.333. The van der Waals surface area contributed by atoms with Gasteiger partial charge in [-0.05, 0) is 18.6 Å². The van der Waals surface area contributed by atoms with E-state index in [1.165, 1.54) is 13.2 Å². The Kier molecular flexibility index (Phi) is 4.91. The monoisotopic (exact) mass is 234 g/mol. The third kappa shape index (κ3) is 3.74. The molecular formula is C12H14N2O3. The zero-order chi connectivity index (χ0) is 12.7. The number of hydrogen-bond donors (Lipinski definition) is 1. The third-order valence-electron chi connectivity index (χ3n) is 2.12. The molecule has 5 heteroatoms. The van der Waals surface area contributed by atoms with E-state index in [1.54, 1.807) is 18.2 Å². The number of carbonyl (C=O) groups excluding carboxylic acids is 2. The molecule has 1 aromatic rings. The Hall–Kier alpha value is -2.13. The molecule has 5 nitrogen and oxygen atoms in total. The molecular weight excluding hydrogens is 220 g/mol. The Bertz CT molecular complexity index is 451. The highest BCUT2D eigenvalue weighted by Gasteiger charge is 2.07. The predicted molar refractivity (Wildman–Crippen MR) is 64.3 cm³/mol. The first kappa shape index (κ1) is 12.9. The van der Waals surface area contributed by atoms with Gasteiger partial charge in [0.15, 0.2) is 0 Å². The zero-order valence-electron chi connectivity index (χ0n) is 9.82. The van der Waals surface area contributed by atoms with Crippen molar-refractivity contribution >= 4 is 23.4 Å². The van der Waals surface area contributed by atoms with Gasteiger partial charge < -0.3 is 10.1 Å². The van der Waals surface area contributed by atoms with Crippen LogP contribution in [0.3, 0.4) is 0 Å². The first-order valence-electron chi connectivity index (χ1n) is 5.27. The fourth-order valence-electron chi connectivity index (χ4n) is 1.33. The largest absolute Gasteiger partial charge is 0.497 e. The molecule has 0 aliphatic heterocycles. The summed E-state index contributed by atoms with van der Waals surface area (Å²) in [4.78, 5) is 25.3. The predicted octanol–water partition coefficient (Wildman–Crippen LogP) is 2.40. The molecule has 0 radical (unpaired) electrons. The number of anilines is 1. The Balaban J connectivity index is 2.97. The molecule has 1 N–H and O–H groups in total. The number of rotatable bonds is 5. The normalized spacial score (nSPS) is 9.29. The highest BCUT2D eigenvalue weighted by atomic mass is 16.5. The fourth-order valence-corrected chi connectivity index (χ4v) is 1.33. The molecule has 0 aromatic heterocycles. The molecule has 0 saturated heterocycles. The lowest BCUT2D eigenvalue weighted by atomic mass is 10.2. The number of benzene rings is 1. The van der Waals surface area contributed by atoms with Gasteiger partial charge in [-0.1, -0.05) is 6.92 Å². The SMILES string of the molecule is CCCC(=O)Nc1ccc(OC)cc1N=C=O. The van der Waals surface area contributed by atoms with Gasteiger partial charge in [-0.15, -0.1) is 0 Å². The summed E-state index contributed by atoms with van der Waals surface area (Å²) in [6, 6.07) is 4.89. The molecule has 0 fully saturated rings. The van der Waals surface area contributed by atoms with Crippen LogP contribution in [0.4, 0.5) is 11.4 Å². The molecule has 0 heterocycles. The summed E-state index contributed by atoms with van der Waals surface area (Å²) in [6.07, 6.45) is 2.63. The topological polar surface area (TPSA) is 67.8 Å². The minimum Gasteiger partial charge on any atom is -0.497 e. The molecule has 1 rings (SSSR count). The van der Waals surface area contributed by atoms with Gasteiger partial charge in [-0.2, -0.15) is 4.99 Å². The molecule has 0 atom stereocenters. The van der Waals surface area contributed by atoms with Crippen LogP contribution in [0.25, 0.3) is 0 Å². The number of aliphatic imine (C=N–C) groups is 1. The molecule has 1 aromatic carbocycles. The lowest BCUT2D eigenvalue weighted by molar-refractivity contribution is -0.116. The van der Waals surface area contributed by atoms with Crippen molar-refractivity contribution in [1.29, 1.82) is 0 Å².